The van der Waals surface area contributed by atoms with Crippen LogP contribution in [0.15, 0.2) is 41.0 Å². The first-order valence-corrected chi connectivity index (χ1v) is 11.2. The summed E-state index contributed by atoms with van der Waals surface area (Å²) in [5.74, 6) is -0.0553. The Morgan fingerprint density at radius 1 is 1.16 bits per heavy atom. The molecule has 0 aliphatic carbocycles. The van der Waals surface area contributed by atoms with Crippen molar-refractivity contribution in [1.82, 2.24) is 10.6 Å². The molecule has 3 aromatic rings. The smallest absolute Gasteiger partial charge is 0.234 e. The number of carbonyl (C=O) groups excluding carboxylic acids is 3. The number of nitrogens with one attached hydrogen (secondary N) is 2. The molecule has 1 atom stereocenters. The molecule has 3 amide bonds. The average molecular weight is 437 g/mol. The highest BCUT2D eigenvalue weighted by molar-refractivity contribution is 6.10. The van der Waals surface area contributed by atoms with Gasteiger partial charge in [-0.25, -0.2) is 0 Å². The molecule has 7 heteroatoms. The van der Waals surface area contributed by atoms with Crippen LogP contribution in [0, 0.1) is 0 Å². The second-order valence-electron chi connectivity index (χ2n) is 8.26. The molecule has 168 valence electrons. The van der Waals surface area contributed by atoms with Crippen molar-refractivity contribution in [2.45, 2.75) is 51.4 Å². The molecule has 0 radical (unpaired) electrons. The molecule has 2 aromatic carbocycles. The van der Waals surface area contributed by atoms with Crippen molar-refractivity contribution in [2.75, 3.05) is 13.2 Å². The lowest BCUT2D eigenvalue weighted by Gasteiger charge is -2.20. The van der Waals surface area contributed by atoms with E-state index >= 15 is 0 Å². The zero-order valence-corrected chi connectivity index (χ0v) is 18.2. The van der Waals surface area contributed by atoms with Gasteiger partial charge in [-0.3, -0.25) is 19.7 Å². The third-order valence-corrected chi connectivity index (χ3v) is 5.88. The van der Waals surface area contributed by atoms with Crippen LogP contribution in [0.4, 0.5) is 0 Å². The van der Waals surface area contributed by atoms with Crippen molar-refractivity contribution < 1.29 is 23.5 Å². The zero-order chi connectivity index (χ0) is 22.5. The minimum Gasteiger partial charge on any atom is -0.494 e. The van der Waals surface area contributed by atoms with Crippen molar-refractivity contribution in [3.63, 3.8) is 0 Å². The standard InChI is InChI=1S/C25H28N2O5/c1-16(28)26-12-4-2-3-5-13-31-18-7-8-19-17(14-18)6-10-22-24(19)21(15-32-22)20-9-11-23(29)27-25(20)30/h6-8,10,14-15,20H,2-5,9,11-13H2,1H3,(H,26,28)(H,27,29,30). The summed E-state index contributed by atoms with van der Waals surface area (Å²) in [6.07, 6.45) is 6.51. The number of amides is 3. The maximum absolute atomic E-state index is 12.4. The van der Waals surface area contributed by atoms with E-state index in [2.05, 4.69) is 10.6 Å². The highest BCUT2D eigenvalue weighted by Gasteiger charge is 2.30. The number of imide groups is 1. The average Bonchev–Trinajstić information content (AvgIpc) is 3.19. The molecule has 2 heterocycles. The number of ether oxygens (including phenoxy) is 1. The Kier molecular flexibility index (Phi) is 6.73. The number of piperidine rings is 1. The molecule has 1 saturated heterocycles. The highest BCUT2D eigenvalue weighted by atomic mass is 16.5. The van der Waals surface area contributed by atoms with E-state index in [1.807, 2.05) is 30.3 Å². The molecule has 0 spiro atoms. The van der Waals surface area contributed by atoms with E-state index in [1.54, 1.807) is 6.26 Å². The Hall–Kier alpha value is -3.35. The second kappa shape index (κ2) is 9.85. The molecular weight excluding hydrogens is 408 g/mol. The molecule has 32 heavy (non-hydrogen) atoms. The van der Waals surface area contributed by atoms with E-state index in [4.69, 9.17) is 9.15 Å². The minimum atomic E-state index is -0.388. The van der Waals surface area contributed by atoms with Gasteiger partial charge in [0.2, 0.25) is 17.7 Å². The molecule has 1 fully saturated rings. The number of unbranched alkanes of at least 4 members (excludes halogenated alkanes) is 3. The lowest BCUT2D eigenvalue weighted by atomic mass is 9.89. The molecule has 1 aliphatic rings. The summed E-state index contributed by atoms with van der Waals surface area (Å²) in [5, 5.41) is 8.17. The third-order valence-electron chi connectivity index (χ3n) is 5.88. The Bertz CT molecular complexity index is 1150. The largest absolute Gasteiger partial charge is 0.494 e. The van der Waals surface area contributed by atoms with Crippen LogP contribution in [0.3, 0.4) is 0 Å². The van der Waals surface area contributed by atoms with E-state index < -0.39 is 0 Å². The molecular formula is C25H28N2O5. The number of hydrogen-bond acceptors (Lipinski definition) is 5. The number of benzene rings is 2. The van der Waals surface area contributed by atoms with Gasteiger partial charge >= 0.3 is 0 Å². The first kappa shape index (κ1) is 21.9. The van der Waals surface area contributed by atoms with E-state index in [0.717, 1.165) is 65.3 Å². The topological polar surface area (TPSA) is 97.6 Å². The van der Waals surface area contributed by atoms with Gasteiger partial charge in [0.05, 0.1) is 18.8 Å². The minimum absolute atomic E-state index is 0.0153. The van der Waals surface area contributed by atoms with Gasteiger partial charge in [-0.1, -0.05) is 18.9 Å². The Labute approximate surface area is 186 Å². The summed E-state index contributed by atoms with van der Waals surface area (Å²) in [6, 6.07) is 9.86. The van der Waals surface area contributed by atoms with Gasteiger partial charge in [0.25, 0.3) is 0 Å². The summed E-state index contributed by atoms with van der Waals surface area (Å²) >= 11 is 0. The van der Waals surface area contributed by atoms with Gasteiger partial charge in [0.15, 0.2) is 0 Å². The maximum atomic E-state index is 12.4. The molecule has 1 unspecified atom stereocenters. The molecule has 1 aliphatic heterocycles. The van der Waals surface area contributed by atoms with E-state index in [0.29, 0.717) is 19.4 Å². The van der Waals surface area contributed by atoms with Crippen molar-refractivity contribution in [1.29, 1.82) is 0 Å². The van der Waals surface area contributed by atoms with E-state index in [-0.39, 0.29) is 23.6 Å². The third kappa shape index (κ3) is 4.93. The van der Waals surface area contributed by atoms with Gasteiger partial charge in [0, 0.05) is 30.8 Å². The number of hydrogen-bond donors (Lipinski definition) is 2. The van der Waals surface area contributed by atoms with Crippen molar-refractivity contribution in [2.24, 2.45) is 0 Å². The summed E-state index contributed by atoms with van der Waals surface area (Å²) in [4.78, 5) is 34.7. The van der Waals surface area contributed by atoms with Crippen molar-refractivity contribution >= 4 is 39.5 Å². The molecule has 4 rings (SSSR count). The Morgan fingerprint density at radius 3 is 2.81 bits per heavy atom. The number of fused-ring (bicyclic) bond motifs is 3. The highest BCUT2D eigenvalue weighted by Crippen LogP contribution is 2.37. The fourth-order valence-corrected chi connectivity index (χ4v) is 4.24. The SMILES string of the molecule is CC(=O)NCCCCCCOc1ccc2c(ccc3occ(C4CCC(=O)NC4=O)c32)c1. The fourth-order valence-electron chi connectivity index (χ4n) is 4.24. The summed E-state index contributed by atoms with van der Waals surface area (Å²) in [6.45, 7) is 2.90. The van der Waals surface area contributed by atoms with Gasteiger partial charge in [0.1, 0.15) is 11.3 Å². The van der Waals surface area contributed by atoms with Crippen LogP contribution in [0.1, 0.15) is 56.9 Å². The predicted molar refractivity (Wildman–Crippen MR) is 121 cm³/mol. The van der Waals surface area contributed by atoms with Gasteiger partial charge < -0.3 is 14.5 Å². The van der Waals surface area contributed by atoms with Crippen LogP contribution in [0.2, 0.25) is 0 Å². The van der Waals surface area contributed by atoms with Gasteiger partial charge in [-0.15, -0.1) is 0 Å². The summed E-state index contributed by atoms with van der Waals surface area (Å²) in [5.41, 5.74) is 1.55. The lowest BCUT2D eigenvalue weighted by Crippen LogP contribution is -2.39. The van der Waals surface area contributed by atoms with E-state index in [1.165, 1.54) is 6.92 Å². The Morgan fingerprint density at radius 2 is 2.00 bits per heavy atom. The molecule has 0 saturated carbocycles. The number of rotatable bonds is 9. The van der Waals surface area contributed by atoms with Crippen LogP contribution in [0.5, 0.6) is 5.75 Å². The quantitative estimate of drug-likeness (QED) is 0.387. The van der Waals surface area contributed by atoms with Crippen LogP contribution >= 0.6 is 0 Å². The van der Waals surface area contributed by atoms with Crippen molar-refractivity contribution in [3.05, 3.63) is 42.2 Å². The normalized spacial score (nSPS) is 16.3. The van der Waals surface area contributed by atoms with Crippen LogP contribution in [-0.2, 0) is 14.4 Å². The van der Waals surface area contributed by atoms with Gasteiger partial charge in [-0.2, -0.15) is 0 Å². The monoisotopic (exact) mass is 436 g/mol. The summed E-state index contributed by atoms with van der Waals surface area (Å²) in [7, 11) is 0. The summed E-state index contributed by atoms with van der Waals surface area (Å²) < 4.78 is 11.7. The number of furan rings is 1. The van der Waals surface area contributed by atoms with Crippen LogP contribution < -0.4 is 15.4 Å². The maximum Gasteiger partial charge on any atom is 0.234 e. The fraction of sp³-hybridized carbons (Fsp3) is 0.400. The zero-order valence-electron chi connectivity index (χ0n) is 18.2. The molecule has 1 aromatic heterocycles. The molecule has 7 nitrogen and oxygen atoms in total. The van der Waals surface area contributed by atoms with E-state index in [9.17, 15) is 14.4 Å². The van der Waals surface area contributed by atoms with Crippen LogP contribution in [0.25, 0.3) is 21.7 Å². The first-order valence-electron chi connectivity index (χ1n) is 11.2. The Balaban J connectivity index is 1.41. The second-order valence-corrected chi connectivity index (χ2v) is 8.26. The van der Waals surface area contributed by atoms with Crippen LogP contribution in [-0.4, -0.2) is 30.9 Å². The molecule has 0 bridgehead atoms. The lowest BCUT2D eigenvalue weighted by molar-refractivity contribution is -0.134. The first-order chi connectivity index (χ1) is 15.5. The predicted octanol–water partition coefficient (Wildman–Crippen LogP) is 4.18. The molecule has 2 N–H and O–H groups in total. The van der Waals surface area contributed by atoms with Crippen molar-refractivity contribution in [3.8, 4) is 5.75 Å². The number of carbonyl (C=O) groups is 3. The van der Waals surface area contributed by atoms with Gasteiger partial charge in [-0.05, 0) is 54.3 Å².